The highest BCUT2D eigenvalue weighted by Crippen LogP contribution is 2.23. The molecule has 0 aliphatic rings. The van der Waals surface area contributed by atoms with Gasteiger partial charge in [-0.2, -0.15) is 4.98 Å². The van der Waals surface area contributed by atoms with E-state index in [0.29, 0.717) is 23.9 Å². The quantitative estimate of drug-likeness (QED) is 0.226. The highest BCUT2D eigenvalue weighted by Gasteiger charge is 2.14. The summed E-state index contributed by atoms with van der Waals surface area (Å²) < 4.78 is 0.782. The van der Waals surface area contributed by atoms with Gasteiger partial charge in [-0.25, -0.2) is 4.98 Å². The lowest BCUT2D eigenvalue weighted by molar-refractivity contribution is -0.117. The van der Waals surface area contributed by atoms with Gasteiger partial charge in [0.2, 0.25) is 11.9 Å². The number of amides is 1. The van der Waals surface area contributed by atoms with Crippen LogP contribution >= 0.6 is 15.9 Å². The molecule has 1 aromatic heterocycles. The molecule has 0 radical (unpaired) electrons. The summed E-state index contributed by atoms with van der Waals surface area (Å²) in [5.74, 6) is 0.908. The van der Waals surface area contributed by atoms with Crippen LogP contribution in [0.4, 0.5) is 23.1 Å². The molecule has 0 spiro atoms. The van der Waals surface area contributed by atoms with E-state index in [2.05, 4.69) is 54.0 Å². The van der Waals surface area contributed by atoms with Crippen LogP contribution in [0.15, 0.2) is 95.6 Å². The number of aromatic nitrogens is 2. The summed E-state index contributed by atoms with van der Waals surface area (Å²) in [5, 5.41) is 9.43. The zero-order chi connectivity index (χ0) is 24.5. The maximum absolute atomic E-state index is 12.6. The normalized spacial score (nSPS) is 11.5. The van der Waals surface area contributed by atoms with Crippen LogP contribution in [-0.4, -0.2) is 28.5 Å². The second-order valence-electron chi connectivity index (χ2n) is 8.04. The molecule has 0 saturated carbocycles. The minimum Gasteiger partial charge on any atom is -0.369 e. The average molecular weight is 531 g/mol. The van der Waals surface area contributed by atoms with Gasteiger partial charge >= 0.3 is 0 Å². The Kier molecular flexibility index (Phi) is 8.43. The van der Waals surface area contributed by atoms with Gasteiger partial charge in [0.15, 0.2) is 0 Å². The van der Waals surface area contributed by atoms with Gasteiger partial charge in [0.1, 0.15) is 5.82 Å². The lowest BCUT2D eigenvalue weighted by Gasteiger charge is -2.14. The number of nitrogens with one attached hydrogen (secondary N) is 3. The predicted octanol–water partition coefficient (Wildman–Crippen LogP) is 5.15. The maximum Gasteiger partial charge on any atom is 0.241 e. The molecule has 5 N–H and O–H groups in total. The van der Waals surface area contributed by atoms with Crippen molar-refractivity contribution >= 4 is 45.0 Å². The van der Waals surface area contributed by atoms with E-state index in [4.69, 9.17) is 5.73 Å². The SMILES string of the molecule is NC(Cc1ccccc1)C(=O)Nc1cccc(Nc2ncc(Br)c(NCCc3ccccc3)n2)c1. The molecule has 7 nitrogen and oxygen atoms in total. The summed E-state index contributed by atoms with van der Waals surface area (Å²) in [6.45, 7) is 0.740. The van der Waals surface area contributed by atoms with E-state index in [1.165, 1.54) is 5.56 Å². The van der Waals surface area contributed by atoms with E-state index in [1.54, 1.807) is 6.20 Å². The standard InChI is InChI=1S/C27H27BrN6O/c28-23-18-31-27(34-25(23)30-15-14-19-8-3-1-4-9-19)33-22-13-7-12-21(17-22)32-26(35)24(29)16-20-10-5-2-6-11-20/h1-13,17-18,24H,14-16,29H2,(H,32,35)(H2,30,31,33,34). The van der Waals surface area contributed by atoms with Crippen molar-refractivity contribution in [2.24, 2.45) is 5.73 Å². The summed E-state index contributed by atoms with van der Waals surface area (Å²) in [4.78, 5) is 21.5. The Labute approximate surface area is 213 Å². The first kappa shape index (κ1) is 24.4. The molecule has 1 amide bonds. The molecule has 1 unspecified atom stereocenters. The highest BCUT2D eigenvalue weighted by molar-refractivity contribution is 9.10. The van der Waals surface area contributed by atoms with Crippen molar-refractivity contribution in [2.45, 2.75) is 18.9 Å². The van der Waals surface area contributed by atoms with Crippen LogP contribution in [0.5, 0.6) is 0 Å². The van der Waals surface area contributed by atoms with Crippen molar-refractivity contribution in [1.29, 1.82) is 0 Å². The van der Waals surface area contributed by atoms with Gasteiger partial charge < -0.3 is 21.7 Å². The number of nitrogens with zero attached hydrogens (tertiary/aromatic N) is 2. The lowest BCUT2D eigenvalue weighted by Crippen LogP contribution is -2.37. The third-order valence-corrected chi connectivity index (χ3v) is 5.89. The molecule has 0 saturated heterocycles. The minimum absolute atomic E-state index is 0.240. The Morgan fingerprint density at radius 2 is 1.60 bits per heavy atom. The van der Waals surface area contributed by atoms with Crippen molar-refractivity contribution in [2.75, 3.05) is 22.5 Å². The van der Waals surface area contributed by atoms with Crippen LogP contribution in [0, 0.1) is 0 Å². The number of nitrogens with two attached hydrogens (primary N) is 1. The number of halogens is 1. The average Bonchev–Trinajstić information content (AvgIpc) is 2.87. The zero-order valence-corrected chi connectivity index (χ0v) is 20.7. The first-order valence-electron chi connectivity index (χ1n) is 11.3. The topological polar surface area (TPSA) is 105 Å². The van der Waals surface area contributed by atoms with Crippen molar-refractivity contribution in [3.63, 3.8) is 0 Å². The van der Waals surface area contributed by atoms with Crippen molar-refractivity contribution < 1.29 is 4.79 Å². The van der Waals surface area contributed by atoms with E-state index in [9.17, 15) is 4.79 Å². The van der Waals surface area contributed by atoms with E-state index < -0.39 is 6.04 Å². The van der Waals surface area contributed by atoms with E-state index in [0.717, 1.165) is 28.7 Å². The van der Waals surface area contributed by atoms with Gasteiger partial charge in [-0.3, -0.25) is 4.79 Å². The predicted molar refractivity (Wildman–Crippen MR) is 145 cm³/mol. The number of rotatable bonds is 10. The van der Waals surface area contributed by atoms with Gasteiger partial charge in [0.25, 0.3) is 0 Å². The number of benzene rings is 3. The van der Waals surface area contributed by atoms with Crippen LogP contribution in [0.1, 0.15) is 11.1 Å². The van der Waals surface area contributed by atoms with E-state index >= 15 is 0 Å². The molecule has 4 rings (SSSR count). The lowest BCUT2D eigenvalue weighted by atomic mass is 10.1. The summed E-state index contributed by atoms with van der Waals surface area (Å²) >= 11 is 3.50. The van der Waals surface area contributed by atoms with E-state index in [1.807, 2.05) is 72.8 Å². The Bertz CT molecular complexity index is 1250. The summed E-state index contributed by atoms with van der Waals surface area (Å²) in [6, 6.07) is 26.7. The Morgan fingerprint density at radius 1 is 0.914 bits per heavy atom. The Hall–Kier alpha value is -3.75. The fraction of sp³-hybridized carbons (Fsp3) is 0.148. The molecule has 0 aliphatic heterocycles. The summed E-state index contributed by atoms with van der Waals surface area (Å²) in [7, 11) is 0. The molecule has 8 heteroatoms. The fourth-order valence-corrected chi connectivity index (χ4v) is 3.85. The largest absolute Gasteiger partial charge is 0.369 e. The number of hydrogen-bond donors (Lipinski definition) is 4. The number of carbonyl (C=O) groups excluding carboxylic acids is 1. The smallest absolute Gasteiger partial charge is 0.241 e. The van der Waals surface area contributed by atoms with Crippen molar-refractivity contribution in [1.82, 2.24) is 9.97 Å². The monoisotopic (exact) mass is 530 g/mol. The molecule has 0 fully saturated rings. The van der Waals surface area contributed by atoms with Gasteiger partial charge in [-0.15, -0.1) is 0 Å². The van der Waals surface area contributed by atoms with Crippen molar-refractivity contribution in [3.05, 3.63) is 107 Å². The molecular weight excluding hydrogens is 504 g/mol. The highest BCUT2D eigenvalue weighted by atomic mass is 79.9. The molecule has 0 bridgehead atoms. The Balaban J connectivity index is 1.35. The van der Waals surface area contributed by atoms with Gasteiger partial charge in [-0.05, 0) is 58.1 Å². The van der Waals surface area contributed by atoms with Crippen LogP contribution in [0.3, 0.4) is 0 Å². The minimum atomic E-state index is -0.645. The summed E-state index contributed by atoms with van der Waals surface area (Å²) in [5.41, 5.74) is 9.77. The molecule has 0 aliphatic carbocycles. The van der Waals surface area contributed by atoms with Crippen molar-refractivity contribution in [3.8, 4) is 0 Å². The van der Waals surface area contributed by atoms with Crippen LogP contribution in [0.2, 0.25) is 0 Å². The second kappa shape index (κ2) is 12.1. The first-order chi connectivity index (χ1) is 17.1. The first-order valence-corrected chi connectivity index (χ1v) is 12.1. The van der Waals surface area contributed by atoms with Crippen LogP contribution in [-0.2, 0) is 17.6 Å². The maximum atomic E-state index is 12.6. The second-order valence-corrected chi connectivity index (χ2v) is 8.90. The van der Waals surface area contributed by atoms with Gasteiger partial charge in [0, 0.05) is 24.1 Å². The van der Waals surface area contributed by atoms with Crippen LogP contribution < -0.4 is 21.7 Å². The Morgan fingerprint density at radius 3 is 2.34 bits per heavy atom. The molecule has 1 atom stereocenters. The zero-order valence-electron chi connectivity index (χ0n) is 19.1. The molecule has 4 aromatic rings. The third kappa shape index (κ3) is 7.37. The van der Waals surface area contributed by atoms with Crippen LogP contribution in [0.25, 0.3) is 0 Å². The van der Waals surface area contributed by atoms with Gasteiger partial charge in [0.05, 0.1) is 10.5 Å². The summed E-state index contributed by atoms with van der Waals surface area (Å²) in [6.07, 6.45) is 3.06. The molecule has 178 valence electrons. The molecular formula is C27H27BrN6O. The number of anilines is 4. The van der Waals surface area contributed by atoms with Gasteiger partial charge in [-0.1, -0.05) is 66.7 Å². The fourth-order valence-electron chi connectivity index (χ4n) is 3.52. The number of hydrogen-bond acceptors (Lipinski definition) is 6. The third-order valence-electron chi connectivity index (χ3n) is 5.31. The molecule has 1 heterocycles. The number of carbonyl (C=O) groups is 1. The molecule has 35 heavy (non-hydrogen) atoms. The molecule has 3 aromatic carbocycles. The van der Waals surface area contributed by atoms with E-state index in [-0.39, 0.29) is 5.91 Å².